The highest BCUT2D eigenvalue weighted by Gasteiger charge is 2.32. The Morgan fingerprint density at radius 3 is 2.44 bits per heavy atom. The number of halogens is 1. The fraction of sp³-hybridized carbons (Fsp3) is 0.524. The molecule has 0 spiro atoms. The molecule has 1 aliphatic carbocycles. The molecular weight excluding hydrogens is 410 g/mol. The Kier molecular flexibility index (Phi) is 7.48. The average Bonchev–Trinajstić information content (AvgIpc) is 3.07. The van der Waals surface area contributed by atoms with Gasteiger partial charge in [0, 0.05) is 16.6 Å². The Hall–Kier alpha value is -1.82. The van der Waals surface area contributed by atoms with Crippen molar-refractivity contribution in [3.63, 3.8) is 0 Å². The lowest BCUT2D eigenvalue weighted by Gasteiger charge is -2.32. The van der Waals surface area contributed by atoms with Crippen molar-refractivity contribution >= 4 is 33.7 Å². The maximum Gasteiger partial charge on any atom is 0.419 e. The van der Waals surface area contributed by atoms with Crippen molar-refractivity contribution < 1.29 is 19.4 Å². The van der Waals surface area contributed by atoms with Gasteiger partial charge < -0.3 is 9.84 Å². The Bertz CT molecular complexity index is 702. The average molecular weight is 438 g/mol. The monoisotopic (exact) mass is 437 g/mol. The molecule has 0 aromatic heterocycles. The van der Waals surface area contributed by atoms with E-state index in [-0.39, 0.29) is 12.3 Å². The van der Waals surface area contributed by atoms with E-state index < -0.39 is 17.7 Å². The first-order valence-corrected chi connectivity index (χ1v) is 10.2. The van der Waals surface area contributed by atoms with Gasteiger partial charge in [0.25, 0.3) is 0 Å². The topological polar surface area (TPSA) is 66.8 Å². The zero-order chi connectivity index (χ0) is 20.0. The van der Waals surface area contributed by atoms with Crippen LogP contribution in [0, 0.1) is 5.92 Å². The van der Waals surface area contributed by atoms with Crippen LogP contribution in [0.5, 0.6) is 0 Å². The minimum Gasteiger partial charge on any atom is -0.481 e. The molecule has 0 radical (unpaired) electrons. The molecule has 1 saturated carbocycles. The summed E-state index contributed by atoms with van der Waals surface area (Å²) in [6.45, 7) is 5.52. The first-order chi connectivity index (χ1) is 12.7. The Morgan fingerprint density at radius 1 is 1.26 bits per heavy atom. The minimum atomic E-state index is -0.846. The fourth-order valence-electron chi connectivity index (χ4n) is 3.29. The lowest BCUT2D eigenvalue weighted by molar-refractivity contribution is -0.136. The second kappa shape index (κ2) is 9.40. The van der Waals surface area contributed by atoms with Gasteiger partial charge in [0.2, 0.25) is 0 Å². The smallest absolute Gasteiger partial charge is 0.419 e. The summed E-state index contributed by atoms with van der Waals surface area (Å²) in [6.07, 6.45) is 6.07. The molecule has 0 unspecified atom stereocenters. The summed E-state index contributed by atoms with van der Waals surface area (Å²) < 4.78 is 6.48. The Balaban J connectivity index is 2.47. The second-order valence-corrected chi connectivity index (χ2v) is 8.66. The molecular formula is C21H28BrNO4. The van der Waals surface area contributed by atoms with Crippen LogP contribution in [0.2, 0.25) is 0 Å². The first kappa shape index (κ1) is 21.5. The molecule has 148 valence electrons. The second-order valence-electron chi connectivity index (χ2n) is 7.81. The van der Waals surface area contributed by atoms with E-state index in [4.69, 9.17) is 9.84 Å². The molecule has 5 nitrogen and oxygen atoms in total. The van der Waals surface area contributed by atoms with Crippen LogP contribution in [-0.2, 0) is 9.53 Å². The standard InChI is InChI=1S/C21H28BrNO4/c1-21(2,3)27-20(26)23(18-12-7-6-11-16(18)22)17(13-8-14-19(24)25)15-9-4-5-10-15/h6-7,11-13,15H,4-5,8-10,14H2,1-3H3,(H,24,25). The number of carbonyl (C=O) groups excluding carboxylic acids is 1. The van der Waals surface area contributed by atoms with E-state index in [1.54, 1.807) is 4.90 Å². The number of hydrogen-bond donors (Lipinski definition) is 1. The van der Waals surface area contributed by atoms with Crippen molar-refractivity contribution in [1.29, 1.82) is 0 Å². The van der Waals surface area contributed by atoms with E-state index in [0.29, 0.717) is 12.1 Å². The van der Waals surface area contributed by atoms with Crippen LogP contribution in [0.15, 0.2) is 40.5 Å². The molecule has 0 aliphatic heterocycles. The number of allylic oxidation sites excluding steroid dienone is 2. The number of rotatable bonds is 6. The number of para-hydroxylation sites is 1. The van der Waals surface area contributed by atoms with Gasteiger partial charge in [-0.25, -0.2) is 9.69 Å². The summed E-state index contributed by atoms with van der Waals surface area (Å²) in [5, 5.41) is 9.01. The molecule has 1 aromatic carbocycles. The van der Waals surface area contributed by atoms with Gasteiger partial charge in [-0.3, -0.25) is 4.79 Å². The number of amides is 1. The van der Waals surface area contributed by atoms with Crippen molar-refractivity contribution in [2.24, 2.45) is 5.92 Å². The molecule has 1 aliphatic rings. The highest BCUT2D eigenvalue weighted by atomic mass is 79.9. The molecule has 1 aromatic rings. The third kappa shape index (κ3) is 6.38. The number of carboxylic acids is 1. The normalized spacial score (nSPS) is 15.6. The maximum absolute atomic E-state index is 13.1. The largest absolute Gasteiger partial charge is 0.481 e. The SMILES string of the molecule is CC(C)(C)OC(=O)N(C(=CCCC(=O)O)C1CCCC1)c1ccccc1Br. The summed E-state index contributed by atoms with van der Waals surface area (Å²) in [7, 11) is 0. The molecule has 0 bridgehead atoms. The van der Waals surface area contributed by atoms with Gasteiger partial charge in [0.05, 0.1) is 5.69 Å². The molecule has 1 amide bonds. The van der Waals surface area contributed by atoms with E-state index >= 15 is 0 Å². The van der Waals surface area contributed by atoms with Crippen LogP contribution in [-0.4, -0.2) is 22.8 Å². The highest BCUT2D eigenvalue weighted by Crippen LogP contribution is 2.38. The number of carboxylic acid groups (broad SMARTS) is 1. The number of nitrogens with zero attached hydrogens (tertiary/aromatic N) is 1. The van der Waals surface area contributed by atoms with Crippen LogP contribution >= 0.6 is 15.9 Å². The number of ether oxygens (including phenoxy) is 1. The molecule has 0 saturated heterocycles. The van der Waals surface area contributed by atoms with Gasteiger partial charge in [-0.1, -0.05) is 31.1 Å². The summed E-state index contributed by atoms with van der Waals surface area (Å²) in [6, 6.07) is 7.52. The number of aliphatic carboxylic acids is 1. The van der Waals surface area contributed by atoms with Crippen molar-refractivity contribution in [2.75, 3.05) is 4.90 Å². The highest BCUT2D eigenvalue weighted by molar-refractivity contribution is 9.10. The Morgan fingerprint density at radius 2 is 1.89 bits per heavy atom. The molecule has 1 N–H and O–H groups in total. The van der Waals surface area contributed by atoms with E-state index in [2.05, 4.69) is 15.9 Å². The number of anilines is 1. The first-order valence-electron chi connectivity index (χ1n) is 9.38. The van der Waals surface area contributed by atoms with Crippen molar-refractivity contribution in [3.8, 4) is 0 Å². The van der Waals surface area contributed by atoms with Crippen molar-refractivity contribution in [2.45, 2.75) is 64.9 Å². The molecule has 0 atom stereocenters. The van der Waals surface area contributed by atoms with Crippen LogP contribution in [0.25, 0.3) is 0 Å². The lowest BCUT2D eigenvalue weighted by Crippen LogP contribution is -2.38. The van der Waals surface area contributed by atoms with E-state index in [1.807, 2.05) is 51.1 Å². The summed E-state index contributed by atoms with van der Waals surface area (Å²) in [5.74, 6) is -0.625. The van der Waals surface area contributed by atoms with Gasteiger partial charge in [-0.15, -0.1) is 0 Å². The number of hydrogen-bond acceptors (Lipinski definition) is 3. The van der Waals surface area contributed by atoms with Crippen LogP contribution in [0.4, 0.5) is 10.5 Å². The van der Waals surface area contributed by atoms with Gasteiger partial charge in [-0.2, -0.15) is 0 Å². The van der Waals surface area contributed by atoms with E-state index in [9.17, 15) is 9.59 Å². The number of benzene rings is 1. The van der Waals surface area contributed by atoms with Gasteiger partial charge in [0.1, 0.15) is 5.60 Å². The molecule has 0 heterocycles. The number of carbonyl (C=O) groups is 2. The summed E-state index contributed by atoms with van der Waals surface area (Å²) in [4.78, 5) is 25.7. The van der Waals surface area contributed by atoms with Crippen LogP contribution in [0.3, 0.4) is 0 Å². The van der Waals surface area contributed by atoms with Gasteiger partial charge in [0.15, 0.2) is 0 Å². The van der Waals surface area contributed by atoms with E-state index in [1.165, 1.54) is 0 Å². The third-order valence-corrected chi connectivity index (χ3v) is 5.08. The lowest BCUT2D eigenvalue weighted by atomic mass is 10.0. The Labute approximate surface area is 169 Å². The van der Waals surface area contributed by atoms with E-state index in [0.717, 1.165) is 35.9 Å². The fourth-order valence-corrected chi connectivity index (χ4v) is 3.75. The molecule has 27 heavy (non-hydrogen) atoms. The van der Waals surface area contributed by atoms with Crippen LogP contribution < -0.4 is 4.90 Å². The molecule has 2 rings (SSSR count). The zero-order valence-electron chi connectivity index (χ0n) is 16.2. The van der Waals surface area contributed by atoms with Gasteiger partial charge >= 0.3 is 12.1 Å². The minimum absolute atomic E-state index is 0.0360. The van der Waals surface area contributed by atoms with Crippen molar-refractivity contribution in [1.82, 2.24) is 0 Å². The summed E-state index contributed by atoms with van der Waals surface area (Å²) in [5.41, 5.74) is 0.924. The zero-order valence-corrected chi connectivity index (χ0v) is 17.8. The predicted octanol–water partition coefficient (Wildman–Crippen LogP) is 6.13. The molecule has 6 heteroatoms. The van der Waals surface area contributed by atoms with Gasteiger partial charge in [-0.05, 0) is 74.0 Å². The predicted molar refractivity (Wildman–Crippen MR) is 110 cm³/mol. The van der Waals surface area contributed by atoms with Crippen molar-refractivity contribution in [3.05, 3.63) is 40.5 Å². The summed E-state index contributed by atoms with van der Waals surface area (Å²) >= 11 is 3.54. The third-order valence-electron chi connectivity index (χ3n) is 4.41. The maximum atomic E-state index is 13.1. The quantitative estimate of drug-likeness (QED) is 0.580. The molecule has 1 fully saturated rings. The van der Waals surface area contributed by atoms with Crippen LogP contribution in [0.1, 0.15) is 59.3 Å².